The normalized spacial score (nSPS) is 17.2. The fourth-order valence-corrected chi connectivity index (χ4v) is 6.71. The zero-order chi connectivity index (χ0) is 48.1. The first kappa shape index (κ1) is 54.6. The number of nitrogens with zero attached hydrogens (tertiary/aromatic N) is 2. The van der Waals surface area contributed by atoms with Crippen LogP contribution in [0.1, 0.15) is 64.5 Å². The molecule has 64 heavy (non-hydrogen) atoms. The van der Waals surface area contributed by atoms with Crippen LogP contribution in [-0.2, 0) is 54.4 Å². The fraction of sp³-hybridized carbons (Fsp3) is 0.649. The third kappa shape index (κ3) is 17.9. The smallest absolute Gasteiger partial charge is 0.327 e. The van der Waals surface area contributed by atoms with E-state index < -0.39 is 127 Å². The number of nitrogens with one attached hydrogen (secondary N) is 8. The number of aliphatic carboxylic acids is 2. The summed E-state index contributed by atoms with van der Waals surface area (Å²) < 4.78 is 0. The van der Waals surface area contributed by atoms with Gasteiger partial charge >= 0.3 is 11.9 Å². The van der Waals surface area contributed by atoms with Gasteiger partial charge < -0.3 is 73.9 Å². The standard InChI is InChI=1S/C37H60N12O13S2/c1-18(43-27(51)14-41-35(59)29(19(2)50)48-32(56)22(8-9-28(52)53)44-31(55)21(39)15-63)30(54)45-23(6-3-4-10-38)36(60)49-11-5-7-26(49)34(58)46-24(12-20-13-40-17-42-20)33(57)47-25(16-64)37(61)62/h13,17-19,21-26,29,50,63-64H,3-12,14-16,38-39H2,1-2H3,(H,40,42)(H,41,59)(H,43,51)(H,44,55)(H,45,54)(H,46,58)(H,47,57)(H,48,56)(H,52,53)(H,61,62)/t18-,19+,21-,22-,23-,24-,25-,26-,29-/m0/s1. The number of likely N-dealkylation sites (tertiary alicyclic amines) is 1. The van der Waals surface area contributed by atoms with E-state index in [0.717, 1.165) is 6.92 Å². The van der Waals surface area contributed by atoms with Crippen LogP contribution in [0.5, 0.6) is 0 Å². The van der Waals surface area contributed by atoms with Gasteiger partial charge in [-0.1, -0.05) is 0 Å². The number of carbonyl (C=O) groups excluding carboxylic acids is 8. The lowest BCUT2D eigenvalue weighted by Gasteiger charge is -2.30. The Morgan fingerprint density at radius 2 is 1.48 bits per heavy atom. The molecule has 1 aliphatic rings. The monoisotopic (exact) mass is 944 g/mol. The Morgan fingerprint density at radius 3 is 2.06 bits per heavy atom. The lowest BCUT2D eigenvalue weighted by molar-refractivity contribution is -0.143. The molecule has 25 nitrogen and oxygen atoms in total. The predicted octanol–water partition coefficient (Wildman–Crippen LogP) is -5.37. The minimum atomic E-state index is -1.68. The first-order chi connectivity index (χ1) is 30.2. The van der Waals surface area contributed by atoms with Crippen LogP contribution >= 0.6 is 25.3 Å². The van der Waals surface area contributed by atoms with E-state index in [1.807, 2.05) is 0 Å². The molecule has 0 aliphatic carbocycles. The highest BCUT2D eigenvalue weighted by molar-refractivity contribution is 7.80. The molecule has 8 amide bonds. The zero-order valence-electron chi connectivity index (χ0n) is 35.4. The summed E-state index contributed by atoms with van der Waals surface area (Å²) in [6.45, 7) is 2.12. The minimum Gasteiger partial charge on any atom is -0.481 e. The van der Waals surface area contributed by atoms with E-state index in [4.69, 9.17) is 16.6 Å². The van der Waals surface area contributed by atoms with E-state index in [1.54, 1.807) is 0 Å². The number of carboxylic acids is 2. The number of hydrogen-bond acceptors (Lipinski definition) is 16. The molecule has 15 N–H and O–H groups in total. The summed E-state index contributed by atoms with van der Waals surface area (Å²) in [4.78, 5) is 136. The molecular weight excluding hydrogens is 885 g/mol. The summed E-state index contributed by atoms with van der Waals surface area (Å²) in [5, 5.41) is 45.5. The number of aliphatic hydroxyl groups is 1. The molecular formula is C37H60N12O13S2. The Balaban J connectivity index is 2.11. The number of hydrogen-bond donors (Lipinski definition) is 15. The summed E-state index contributed by atoms with van der Waals surface area (Å²) in [7, 11) is 0. The summed E-state index contributed by atoms with van der Waals surface area (Å²) in [6.07, 6.45) is 1.80. The molecule has 0 unspecified atom stereocenters. The van der Waals surface area contributed by atoms with E-state index in [9.17, 15) is 58.2 Å². The van der Waals surface area contributed by atoms with Gasteiger partial charge in [-0.2, -0.15) is 25.3 Å². The van der Waals surface area contributed by atoms with Gasteiger partial charge in [0.15, 0.2) is 0 Å². The number of H-pyrrole nitrogens is 1. The Morgan fingerprint density at radius 1 is 0.828 bits per heavy atom. The van der Waals surface area contributed by atoms with Crippen LogP contribution in [0.25, 0.3) is 0 Å². The van der Waals surface area contributed by atoms with Crippen molar-refractivity contribution < 1.29 is 63.3 Å². The van der Waals surface area contributed by atoms with E-state index >= 15 is 0 Å². The molecule has 27 heteroatoms. The number of carboxylic acid groups (broad SMARTS) is 2. The van der Waals surface area contributed by atoms with E-state index in [1.165, 1.54) is 24.3 Å². The molecule has 0 bridgehead atoms. The maximum Gasteiger partial charge on any atom is 0.327 e. The summed E-state index contributed by atoms with van der Waals surface area (Å²) >= 11 is 7.89. The van der Waals surface area contributed by atoms with Gasteiger partial charge in [-0.05, 0) is 58.9 Å². The molecule has 9 atom stereocenters. The average Bonchev–Trinajstić information content (AvgIpc) is 3.96. The van der Waals surface area contributed by atoms with Crippen LogP contribution in [0.4, 0.5) is 0 Å². The van der Waals surface area contributed by atoms with Crippen molar-refractivity contribution in [1.29, 1.82) is 0 Å². The third-order valence-electron chi connectivity index (χ3n) is 9.88. The van der Waals surface area contributed by atoms with E-state index in [-0.39, 0.29) is 50.3 Å². The van der Waals surface area contributed by atoms with Crippen molar-refractivity contribution in [1.82, 2.24) is 52.1 Å². The zero-order valence-corrected chi connectivity index (χ0v) is 37.2. The average molecular weight is 945 g/mol. The quantitative estimate of drug-likeness (QED) is 0.0275. The number of amides is 8. The SMILES string of the molecule is C[C@H](NC(=O)CNC(=O)[C@@H](NC(=O)[C@H](CCC(=O)O)NC(=O)[C@@H](N)CS)[C@@H](C)O)C(=O)N[C@@H](CCCCN)C(=O)N1CCC[C@H]1C(=O)N[C@@H](Cc1cnc[nH]1)C(=O)N[C@@H](CS)C(=O)O. The number of rotatable bonds is 28. The number of imidazole rings is 1. The van der Waals surface area contributed by atoms with Crippen LogP contribution in [-0.4, -0.2) is 175 Å². The number of aromatic nitrogens is 2. The predicted molar refractivity (Wildman–Crippen MR) is 232 cm³/mol. The topological polar surface area (TPSA) is 400 Å². The molecule has 1 aromatic rings. The second kappa shape index (κ2) is 27.6. The molecule has 0 radical (unpaired) electrons. The molecule has 1 fully saturated rings. The highest BCUT2D eigenvalue weighted by Gasteiger charge is 2.40. The number of unbranched alkanes of at least 4 members (excludes halogenated alkanes) is 1. The van der Waals surface area contributed by atoms with Crippen LogP contribution in [0.15, 0.2) is 12.5 Å². The largest absolute Gasteiger partial charge is 0.481 e. The van der Waals surface area contributed by atoms with E-state index in [2.05, 4.69) is 72.4 Å². The number of aliphatic hydroxyl groups excluding tert-OH is 1. The molecule has 2 heterocycles. The van der Waals surface area contributed by atoms with Crippen molar-refractivity contribution in [2.45, 2.75) is 120 Å². The van der Waals surface area contributed by atoms with Gasteiger partial charge in [0.05, 0.1) is 25.0 Å². The maximum atomic E-state index is 14.0. The second-order valence-electron chi connectivity index (χ2n) is 15.0. The van der Waals surface area contributed by atoms with E-state index in [0.29, 0.717) is 25.0 Å². The summed E-state index contributed by atoms with van der Waals surface area (Å²) in [5.41, 5.74) is 11.8. The van der Waals surface area contributed by atoms with Gasteiger partial charge in [-0.3, -0.25) is 43.2 Å². The van der Waals surface area contributed by atoms with Gasteiger partial charge in [0, 0.05) is 42.8 Å². The van der Waals surface area contributed by atoms with Crippen LogP contribution in [0.2, 0.25) is 0 Å². The molecule has 2 rings (SSSR count). The van der Waals surface area contributed by atoms with Gasteiger partial charge in [-0.15, -0.1) is 0 Å². The number of thiol groups is 2. The summed E-state index contributed by atoms with van der Waals surface area (Å²) in [5.74, 6) is -9.65. The Kier molecular flexibility index (Phi) is 23.6. The van der Waals surface area contributed by atoms with Crippen molar-refractivity contribution in [2.24, 2.45) is 11.5 Å². The Hall–Kier alpha value is -5.51. The molecule has 1 aromatic heterocycles. The fourth-order valence-electron chi connectivity index (χ4n) is 6.29. The van der Waals surface area contributed by atoms with Crippen LogP contribution in [0, 0.1) is 0 Å². The maximum absolute atomic E-state index is 14.0. The van der Waals surface area contributed by atoms with Gasteiger partial charge in [0.1, 0.15) is 42.3 Å². The summed E-state index contributed by atoms with van der Waals surface area (Å²) in [6, 6.07) is -10.4. The Labute approximate surface area is 379 Å². The highest BCUT2D eigenvalue weighted by atomic mass is 32.1. The van der Waals surface area contributed by atoms with Crippen LogP contribution in [0.3, 0.4) is 0 Å². The molecule has 0 aromatic carbocycles. The van der Waals surface area contributed by atoms with Crippen LogP contribution < -0.4 is 48.7 Å². The van der Waals surface area contributed by atoms with Crippen molar-refractivity contribution >= 4 is 84.5 Å². The van der Waals surface area contributed by atoms with Gasteiger partial charge in [0.2, 0.25) is 47.3 Å². The lowest BCUT2D eigenvalue weighted by atomic mass is 10.1. The molecule has 1 saturated heterocycles. The number of aromatic amines is 1. The molecule has 0 saturated carbocycles. The molecule has 358 valence electrons. The molecule has 1 aliphatic heterocycles. The van der Waals surface area contributed by atoms with Crippen molar-refractivity contribution in [3.8, 4) is 0 Å². The van der Waals surface area contributed by atoms with Crippen molar-refractivity contribution in [3.05, 3.63) is 18.2 Å². The van der Waals surface area contributed by atoms with Crippen molar-refractivity contribution in [3.63, 3.8) is 0 Å². The number of nitrogens with two attached hydrogens (primary N) is 2. The first-order valence-corrected chi connectivity index (χ1v) is 21.7. The minimum absolute atomic E-state index is 0.0927. The Bertz CT molecular complexity index is 1790. The highest BCUT2D eigenvalue weighted by Crippen LogP contribution is 2.21. The molecule has 0 spiro atoms. The second-order valence-corrected chi connectivity index (χ2v) is 15.7. The van der Waals surface area contributed by atoms with Gasteiger partial charge in [0.25, 0.3) is 0 Å². The first-order valence-electron chi connectivity index (χ1n) is 20.4. The third-order valence-corrected chi connectivity index (χ3v) is 10.6. The number of carbonyl (C=O) groups is 10. The van der Waals surface area contributed by atoms with Crippen molar-refractivity contribution in [2.75, 3.05) is 31.1 Å². The van der Waals surface area contributed by atoms with Gasteiger partial charge in [-0.25, -0.2) is 9.78 Å². The lowest BCUT2D eigenvalue weighted by Crippen LogP contribution is -2.59.